The highest BCUT2D eigenvalue weighted by molar-refractivity contribution is 8.00. The average molecular weight is 303 g/mol. The summed E-state index contributed by atoms with van der Waals surface area (Å²) in [5.74, 6) is 0.0928. The van der Waals surface area contributed by atoms with Crippen molar-refractivity contribution in [1.29, 1.82) is 0 Å². The van der Waals surface area contributed by atoms with Gasteiger partial charge in [-0.15, -0.1) is 0 Å². The maximum atomic E-state index is 12.0. The number of nitrogens with zero attached hydrogens (tertiary/aromatic N) is 3. The van der Waals surface area contributed by atoms with E-state index in [-0.39, 0.29) is 11.2 Å². The molecule has 0 spiro atoms. The van der Waals surface area contributed by atoms with Crippen molar-refractivity contribution in [3.05, 3.63) is 41.7 Å². The molecule has 0 aliphatic carbocycles. The number of rotatable bonds is 4. The molecule has 0 saturated heterocycles. The molecule has 5 heteroatoms. The van der Waals surface area contributed by atoms with Crippen LogP contribution in [0.2, 0.25) is 0 Å². The van der Waals surface area contributed by atoms with E-state index in [1.807, 2.05) is 17.7 Å². The Morgan fingerprint density at radius 3 is 2.67 bits per heavy atom. The molecule has 0 bridgehead atoms. The zero-order valence-electron chi connectivity index (χ0n) is 13.1. The second-order valence-corrected chi connectivity index (χ2v) is 6.67. The van der Waals surface area contributed by atoms with Crippen LogP contribution >= 0.6 is 11.8 Å². The fraction of sp³-hybridized carbons (Fsp3) is 0.375. The average Bonchev–Trinajstić information content (AvgIpc) is 2.85. The second kappa shape index (κ2) is 6.35. The van der Waals surface area contributed by atoms with Crippen molar-refractivity contribution >= 4 is 17.7 Å². The smallest absolute Gasteiger partial charge is 0.235 e. The molecule has 1 aromatic heterocycles. The van der Waals surface area contributed by atoms with Crippen molar-refractivity contribution in [3.63, 3.8) is 0 Å². The van der Waals surface area contributed by atoms with Gasteiger partial charge in [0.25, 0.3) is 0 Å². The Kier molecular flexibility index (Phi) is 4.73. The number of amides is 1. The molecule has 112 valence electrons. The van der Waals surface area contributed by atoms with Crippen molar-refractivity contribution in [2.75, 3.05) is 14.1 Å². The van der Waals surface area contributed by atoms with E-state index in [1.165, 1.54) is 22.9 Å². The molecule has 1 atom stereocenters. The highest BCUT2D eigenvalue weighted by Gasteiger charge is 2.19. The fourth-order valence-electron chi connectivity index (χ4n) is 2.21. The van der Waals surface area contributed by atoms with Crippen LogP contribution in [-0.2, 0) is 4.79 Å². The Bertz CT molecular complexity index is 649. The third-order valence-corrected chi connectivity index (χ3v) is 4.36. The van der Waals surface area contributed by atoms with Crippen LogP contribution in [0.1, 0.15) is 18.1 Å². The van der Waals surface area contributed by atoms with Gasteiger partial charge < -0.3 is 4.90 Å². The molecule has 2 rings (SSSR count). The predicted octanol–water partition coefficient (Wildman–Crippen LogP) is 3.06. The van der Waals surface area contributed by atoms with Crippen molar-refractivity contribution in [2.45, 2.75) is 31.2 Å². The van der Waals surface area contributed by atoms with Gasteiger partial charge in [0.2, 0.25) is 5.91 Å². The summed E-state index contributed by atoms with van der Waals surface area (Å²) < 4.78 is 2.04. The number of aryl methyl sites for hydroxylation is 2. The van der Waals surface area contributed by atoms with Crippen LogP contribution in [-0.4, -0.2) is 39.7 Å². The van der Waals surface area contributed by atoms with Crippen LogP contribution < -0.4 is 0 Å². The molecule has 0 fully saturated rings. The summed E-state index contributed by atoms with van der Waals surface area (Å²) in [7, 11) is 3.55. The molecule has 1 heterocycles. The molecule has 0 aliphatic heterocycles. The first-order valence-corrected chi connectivity index (χ1v) is 7.77. The Labute approximate surface area is 130 Å². The van der Waals surface area contributed by atoms with Gasteiger partial charge >= 0.3 is 0 Å². The van der Waals surface area contributed by atoms with Gasteiger partial charge in [-0.25, -0.2) is 4.98 Å². The molecule has 1 aromatic carbocycles. The van der Waals surface area contributed by atoms with Gasteiger partial charge in [0, 0.05) is 26.5 Å². The number of carbonyl (C=O) groups excluding carboxylic acids is 1. The van der Waals surface area contributed by atoms with Crippen molar-refractivity contribution in [2.24, 2.45) is 0 Å². The summed E-state index contributed by atoms with van der Waals surface area (Å²) >= 11 is 1.48. The summed E-state index contributed by atoms with van der Waals surface area (Å²) in [5, 5.41) is 0.677. The summed E-state index contributed by atoms with van der Waals surface area (Å²) in [6.45, 7) is 6.08. The topological polar surface area (TPSA) is 38.1 Å². The molecule has 0 saturated carbocycles. The van der Waals surface area contributed by atoms with E-state index in [1.54, 1.807) is 25.2 Å². The van der Waals surface area contributed by atoms with Gasteiger partial charge in [0.05, 0.1) is 10.9 Å². The minimum absolute atomic E-state index is 0.0928. The van der Waals surface area contributed by atoms with Crippen LogP contribution in [0.4, 0.5) is 0 Å². The molecule has 0 aliphatic rings. The molecular weight excluding hydrogens is 282 g/mol. The van der Waals surface area contributed by atoms with Crippen LogP contribution in [0.3, 0.4) is 0 Å². The summed E-state index contributed by atoms with van der Waals surface area (Å²) in [5.41, 5.74) is 3.54. The quantitative estimate of drug-likeness (QED) is 0.815. The normalized spacial score (nSPS) is 12.2. The summed E-state index contributed by atoms with van der Waals surface area (Å²) in [6.07, 6.45) is 3.71. The third-order valence-electron chi connectivity index (χ3n) is 3.29. The van der Waals surface area contributed by atoms with Gasteiger partial charge in [-0.05, 0) is 32.4 Å². The molecular formula is C16H21N3OS. The first-order valence-electron chi connectivity index (χ1n) is 6.89. The van der Waals surface area contributed by atoms with Gasteiger partial charge in [-0.1, -0.05) is 29.5 Å². The lowest BCUT2D eigenvalue weighted by Crippen LogP contribution is -2.29. The number of aromatic nitrogens is 2. The van der Waals surface area contributed by atoms with Crippen LogP contribution in [0.15, 0.2) is 35.7 Å². The van der Waals surface area contributed by atoms with E-state index in [2.05, 4.69) is 37.0 Å². The van der Waals surface area contributed by atoms with E-state index in [0.29, 0.717) is 0 Å². The number of hydrogen-bond donors (Lipinski definition) is 0. The summed E-state index contributed by atoms with van der Waals surface area (Å²) in [4.78, 5) is 18.0. The Hall–Kier alpha value is -1.75. The van der Waals surface area contributed by atoms with Crippen LogP contribution in [0.5, 0.6) is 0 Å². The van der Waals surface area contributed by atoms with E-state index < -0.39 is 0 Å². The second-order valence-electron chi connectivity index (χ2n) is 5.36. The van der Waals surface area contributed by atoms with Crippen LogP contribution in [0, 0.1) is 13.8 Å². The van der Waals surface area contributed by atoms with E-state index in [9.17, 15) is 4.79 Å². The predicted molar refractivity (Wildman–Crippen MR) is 87.1 cm³/mol. The van der Waals surface area contributed by atoms with E-state index in [0.717, 1.165) is 10.8 Å². The molecule has 2 aromatic rings. The number of carbonyl (C=O) groups is 1. The number of benzene rings is 1. The molecule has 0 N–H and O–H groups in total. The SMILES string of the molecule is Cc1ccc(-n2ccnc2S[C@H](C)C(=O)N(C)C)c(C)c1. The van der Waals surface area contributed by atoms with Crippen molar-refractivity contribution < 1.29 is 4.79 Å². The summed E-state index contributed by atoms with van der Waals surface area (Å²) in [6, 6.07) is 6.33. The number of imidazole rings is 1. The first kappa shape index (κ1) is 15.6. The highest BCUT2D eigenvalue weighted by atomic mass is 32.2. The molecule has 0 unspecified atom stereocenters. The molecule has 0 radical (unpaired) electrons. The number of hydrogen-bond acceptors (Lipinski definition) is 3. The first-order chi connectivity index (χ1) is 9.90. The highest BCUT2D eigenvalue weighted by Crippen LogP contribution is 2.27. The number of thioether (sulfide) groups is 1. The van der Waals surface area contributed by atoms with Gasteiger partial charge in [0.15, 0.2) is 5.16 Å². The molecule has 21 heavy (non-hydrogen) atoms. The maximum Gasteiger partial charge on any atom is 0.235 e. The van der Waals surface area contributed by atoms with Crippen LogP contribution in [0.25, 0.3) is 5.69 Å². The minimum Gasteiger partial charge on any atom is -0.348 e. The lowest BCUT2D eigenvalue weighted by molar-refractivity contribution is -0.127. The Morgan fingerprint density at radius 1 is 1.33 bits per heavy atom. The standard InChI is InChI=1S/C16H21N3OS/c1-11-6-7-14(12(2)10-11)19-9-8-17-16(19)21-13(3)15(20)18(4)5/h6-10,13H,1-5H3/t13-/m1/s1. The Balaban J connectivity index is 2.29. The van der Waals surface area contributed by atoms with Gasteiger partial charge in [-0.3, -0.25) is 9.36 Å². The minimum atomic E-state index is -0.160. The Morgan fingerprint density at radius 2 is 2.05 bits per heavy atom. The third kappa shape index (κ3) is 3.47. The monoisotopic (exact) mass is 303 g/mol. The molecule has 4 nitrogen and oxygen atoms in total. The lowest BCUT2D eigenvalue weighted by atomic mass is 10.1. The van der Waals surface area contributed by atoms with Gasteiger partial charge in [0.1, 0.15) is 0 Å². The zero-order chi connectivity index (χ0) is 15.6. The fourth-order valence-corrected chi connectivity index (χ4v) is 3.23. The largest absolute Gasteiger partial charge is 0.348 e. The van der Waals surface area contributed by atoms with E-state index >= 15 is 0 Å². The van der Waals surface area contributed by atoms with Gasteiger partial charge in [-0.2, -0.15) is 0 Å². The zero-order valence-corrected chi connectivity index (χ0v) is 13.9. The van der Waals surface area contributed by atoms with Crippen molar-refractivity contribution in [1.82, 2.24) is 14.5 Å². The lowest BCUT2D eigenvalue weighted by Gasteiger charge is -2.17. The van der Waals surface area contributed by atoms with Crippen molar-refractivity contribution in [3.8, 4) is 5.69 Å². The molecule has 1 amide bonds. The maximum absolute atomic E-state index is 12.0. The van der Waals surface area contributed by atoms with E-state index in [4.69, 9.17) is 0 Å².